The summed E-state index contributed by atoms with van der Waals surface area (Å²) in [6.45, 7) is 2.25. The van der Waals surface area contributed by atoms with E-state index in [1.165, 1.54) is 0 Å². The summed E-state index contributed by atoms with van der Waals surface area (Å²) in [5.41, 5.74) is 6.25. The molecule has 1 unspecified atom stereocenters. The van der Waals surface area contributed by atoms with Crippen molar-refractivity contribution < 1.29 is 4.74 Å². The Hall–Kier alpha value is -1.13. The Bertz CT molecular complexity index is 376. The highest BCUT2D eigenvalue weighted by Gasteiger charge is 2.29. The number of hydrogen-bond acceptors (Lipinski definition) is 3. The van der Waals surface area contributed by atoms with Gasteiger partial charge in [0.1, 0.15) is 17.3 Å². The third-order valence-electron chi connectivity index (χ3n) is 2.18. The fraction of sp³-hybridized carbons (Fsp3) is 0.300. The van der Waals surface area contributed by atoms with Gasteiger partial charge >= 0.3 is 0 Å². The van der Waals surface area contributed by atoms with Crippen LogP contribution in [0.3, 0.4) is 0 Å². The van der Waals surface area contributed by atoms with Crippen LogP contribution in [-0.4, -0.2) is 17.1 Å². The highest BCUT2D eigenvalue weighted by Crippen LogP contribution is 2.28. The Morgan fingerprint density at radius 2 is 2.21 bits per heavy atom. The maximum atomic E-state index is 5.97. The Labute approximate surface area is 88.2 Å². The number of nitrogens with two attached hydrogens (primary N) is 1. The zero-order valence-electron chi connectivity index (χ0n) is 7.91. The van der Waals surface area contributed by atoms with E-state index in [9.17, 15) is 0 Å². The van der Waals surface area contributed by atoms with Crippen LogP contribution < -0.4 is 15.8 Å². The molecule has 0 saturated carbocycles. The normalized spacial score (nSPS) is 25.7. The van der Waals surface area contributed by atoms with Gasteiger partial charge in [0.2, 0.25) is 0 Å². The number of anilines is 1. The summed E-state index contributed by atoms with van der Waals surface area (Å²) < 4.78 is 5.56. The second-order valence-electron chi connectivity index (χ2n) is 3.66. The fourth-order valence-electron chi connectivity index (χ4n) is 1.25. The van der Waals surface area contributed by atoms with Gasteiger partial charge in [-0.05, 0) is 19.1 Å². The lowest BCUT2D eigenvalue weighted by atomic mass is 10.1. The van der Waals surface area contributed by atoms with E-state index in [1.54, 1.807) is 0 Å². The van der Waals surface area contributed by atoms with Gasteiger partial charge in [0.15, 0.2) is 0 Å². The van der Waals surface area contributed by atoms with E-state index in [1.807, 2.05) is 31.2 Å². The minimum atomic E-state index is -0.603. The predicted octanol–water partition coefficient (Wildman–Crippen LogP) is 1.54. The summed E-state index contributed by atoms with van der Waals surface area (Å²) >= 11 is 5.19. The molecule has 3 N–H and O–H groups in total. The van der Waals surface area contributed by atoms with E-state index in [0.29, 0.717) is 11.6 Å². The van der Waals surface area contributed by atoms with Gasteiger partial charge in [-0.1, -0.05) is 24.4 Å². The second kappa shape index (κ2) is 3.22. The molecule has 0 bridgehead atoms. The molecule has 0 aliphatic carbocycles. The molecule has 0 aromatic heterocycles. The van der Waals surface area contributed by atoms with Crippen LogP contribution in [0, 0.1) is 0 Å². The van der Waals surface area contributed by atoms with Crippen LogP contribution in [0.25, 0.3) is 0 Å². The summed E-state index contributed by atoms with van der Waals surface area (Å²) in [6.07, 6.45) is 0. The molecule has 2 rings (SSSR count). The third-order valence-corrected chi connectivity index (χ3v) is 2.75. The van der Waals surface area contributed by atoms with Crippen LogP contribution in [0.1, 0.15) is 6.92 Å². The van der Waals surface area contributed by atoms with E-state index in [-0.39, 0.29) is 0 Å². The quantitative estimate of drug-likeness (QED) is 0.635. The van der Waals surface area contributed by atoms with Gasteiger partial charge in [-0.2, -0.15) is 0 Å². The molecule has 1 aromatic rings. The number of hydrogen-bond donors (Lipinski definition) is 2. The number of fused-ring (bicyclic) bond motifs is 1. The van der Waals surface area contributed by atoms with Crippen molar-refractivity contribution >= 4 is 22.9 Å². The van der Waals surface area contributed by atoms with Crippen LogP contribution in [0.5, 0.6) is 5.75 Å². The van der Waals surface area contributed by atoms with Gasteiger partial charge in [-0.15, -0.1) is 0 Å². The maximum absolute atomic E-state index is 5.97. The summed E-state index contributed by atoms with van der Waals surface area (Å²) in [4.78, 5) is 0.613. The van der Waals surface area contributed by atoms with Crippen LogP contribution in [0.2, 0.25) is 0 Å². The number of thiocarbonyl (C=S) groups is 1. The largest absolute Gasteiger partial charge is 0.489 e. The molecule has 0 saturated heterocycles. The molecule has 1 aromatic carbocycles. The molecule has 74 valence electrons. The van der Waals surface area contributed by atoms with E-state index in [2.05, 4.69) is 5.32 Å². The van der Waals surface area contributed by atoms with Gasteiger partial charge in [0.05, 0.1) is 11.2 Å². The molecule has 3 nitrogen and oxygen atoms in total. The summed E-state index contributed by atoms with van der Waals surface area (Å²) in [6, 6.07) is 7.66. The molecule has 0 spiro atoms. The topological polar surface area (TPSA) is 47.3 Å². The van der Waals surface area contributed by atoms with Crippen molar-refractivity contribution in [2.45, 2.75) is 12.5 Å². The van der Waals surface area contributed by atoms with Crippen LogP contribution in [0.15, 0.2) is 24.3 Å². The molecule has 4 heteroatoms. The number of nitrogens with one attached hydrogen (secondary N) is 1. The smallest absolute Gasteiger partial charge is 0.142 e. The SMILES string of the molecule is CC1(N)COc2ccccc2NC1=S. The van der Waals surface area contributed by atoms with Gasteiger partial charge in [-0.25, -0.2) is 0 Å². The van der Waals surface area contributed by atoms with E-state index < -0.39 is 5.54 Å². The van der Waals surface area contributed by atoms with E-state index >= 15 is 0 Å². The van der Waals surface area contributed by atoms with Gasteiger partial charge in [0, 0.05) is 0 Å². The summed E-state index contributed by atoms with van der Waals surface area (Å²) in [5, 5.41) is 3.09. The monoisotopic (exact) mass is 208 g/mol. The molecule has 1 heterocycles. The lowest BCUT2D eigenvalue weighted by Gasteiger charge is -2.21. The first-order valence-corrected chi connectivity index (χ1v) is 4.82. The van der Waals surface area contributed by atoms with Crippen LogP contribution >= 0.6 is 12.2 Å². The van der Waals surface area contributed by atoms with Gasteiger partial charge < -0.3 is 15.8 Å². The minimum Gasteiger partial charge on any atom is -0.489 e. The zero-order valence-corrected chi connectivity index (χ0v) is 8.73. The molecule has 14 heavy (non-hydrogen) atoms. The predicted molar refractivity (Wildman–Crippen MR) is 60.8 cm³/mol. The molecule has 1 aliphatic heterocycles. The summed E-state index contributed by atoms with van der Waals surface area (Å²) in [7, 11) is 0. The first kappa shape index (κ1) is 9.43. The van der Waals surface area contributed by atoms with E-state index in [0.717, 1.165) is 11.4 Å². The maximum Gasteiger partial charge on any atom is 0.142 e. The Morgan fingerprint density at radius 3 is 3.00 bits per heavy atom. The van der Waals surface area contributed by atoms with Crippen molar-refractivity contribution in [2.24, 2.45) is 5.73 Å². The third kappa shape index (κ3) is 1.58. The highest BCUT2D eigenvalue weighted by atomic mass is 32.1. The lowest BCUT2D eigenvalue weighted by Crippen LogP contribution is -2.50. The van der Waals surface area contributed by atoms with Crippen molar-refractivity contribution in [3.8, 4) is 5.75 Å². The van der Waals surface area contributed by atoms with Crippen molar-refractivity contribution in [2.75, 3.05) is 11.9 Å². The van der Waals surface area contributed by atoms with Crippen molar-refractivity contribution in [3.05, 3.63) is 24.3 Å². The van der Waals surface area contributed by atoms with Crippen LogP contribution in [0.4, 0.5) is 5.69 Å². The highest BCUT2D eigenvalue weighted by molar-refractivity contribution is 7.80. The molecule has 0 radical (unpaired) electrons. The average Bonchev–Trinajstić information content (AvgIpc) is 2.26. The number of ether oxygens (including phenoxy) is 1. The van der Waals surface area contributed by atoms with Crippen molar-refractivity contribution in [1.82, 2.24) is 0 Å². The van der Waals surface area contributed by atoms with Crippen molar-refractivity contribution in [3.63, 3.8) is 0 Å². The lowest BCUT2D eigenvalue weighted by molar-refractivity contribution is 0.277. The molecule has 0 fully saturated rings. The molecular weight excluding hydrogens is 196 g/mol. The first-order chi connectivity index (χ1) is 6.59. The average molecular weight is 208 g/mol. The Morgan fingerprint density at radius 1 is 1.50 bits per heavy atom. The van der Waals surface area contributed by atoms with Gasteiger partial charge in [-0.3, -0.25) is 0 Å². The standard InChI is InChI=1S/C10H12N2OS/c1-10(11)6-13-8-5-3-2-4-7(8)12-9(10)14/h2-5H,6,11H2,1H3,(H,12,14). The Kier molecular flexibility index (Phi) is 2.17. The van der Waals surface area contributed by atoms with Gasteiger partial charge in [0.25, 0.3) is 0 Å². The summed E-state index contributed by atoms with van der Waals surface area (Å²) in [5.74, 6) is 0.795. The first-order valence-electron chi connectivity index (χ1n) is 4.42. The molecule has 1 aliphatic rings. The molecule has 1 atom stereocenters. The fourth-order valence-corrected chi connectivity index (χ4v) is 1.42. The van der Waals surface area contributed by atoms with Crippen LogP contribution in [-0.2, 0) is 0 Å². The van der Waals surface area contributed by atoms with Crippen molar-refractivity contribution in [1.29, 1.82) is 0 Å². The molecule has 0 amide bonds. The number of benzene rings is 1. The van der Waals surface area contributed by atoms with E-state index in [4.69, 9.17) is 22.7 Å². The minimum absolute atomic E-state index is 0.399. The number of rotatable bonds is 0. The second-order valence-corrected chi connectivity index (χ2v) is 4.06. The Balaban J connectivity index is 2.38. The molecular formula is C10H12N2OS. The number of para-hydroxylation sites is 2. The zero-order chi connectivity index (χ0) is 10.2.